The molecule has 0 saturated carbocycles. The molecule has 1 aromatic carbocycles. The molecule has 0 radical (unpaired) electrons. The minimum absolute atomic E-state index is 0.193. The molecular weight excluding hydrogens is 362 g/mol. The van der Waals surface area contributed by atoms with E-state index in [0.29, 0.717) is 22.9 Å². The zero-order valence-electron chi connectivity index (χ0n) is 17.5. The lowest BCUT2D eigenvalue weighted by molar-refractivity contribution is 0.102. The van der Waals surface area contributed by atoms with E-state index in [-0.39, 0.29) is 5.91 Å². The molecule has 6 nitrogen and oxygen atoms in total. The van der Waals surface area contributed by atoms with Gasteiger partial charge in [0.1, 0.15) is 6.33 Å². The van der Waals surface area contributed by atoms with Crippen LogP contribution in [0.3, 0.4) is 0 Å². The molecule has 2 heterocycles. The molecule has 3 rings (SSSR count). The minimum atomic E-state index is -0.193. The fourth-order valence-corrected chi connectivity index (χ4v) is 3.72. The summed E-state index contributed by atoms with van der Waals surface area (Å²) in [5.41, 5.74) is 2.02. The van der Waals surface area contributed by atoms with Gasteiger partial charge in [-0.2, -0.15) is 0 Å². The molecule has 29 heavy (non-hydrogen) atoms. The molecule has 3 aromatic rings. The lowest BCUT2D eigenvalue weighted by Crippen LogP contribution is -2.14. The summed E-state index contributed by atoms with van der Waals surface area (Å²) in [6, 6.07) is 9.51. The fourth-order valence-electron chi connectivity index (χ4n) is 3.72. The van der Waals surface area contributed by atoms with Gasteiger partial charge in [-0.3, -0.25) is 4.79 Å². The number of carbonyl (C=O) groups is 1. The van der Waals surface area contributed by atoms with Gasteiger partial charge in [-0.25, -0.2) is 15.0 Å². The Labute approximate surface area is 172 Å². The van der Waals surface area contributed by atoms with Crippen molar-refractivity contribution in [1.29, 1.82) is 0 Å². The van der Waals surface area contributed by atoms with Gasteiger partial charge in [0.2, 0.25) is 0 Å². The second kappa shape index (κ2) is 10.7. The van der Waals surface area contributed by atoms with Crippen LogP contribution in [0.25, 0.3) is 11.2 Å². The Bertz CT molecular complexity index is 906. The Kier molecular flexibility index (Phi) is 7.73. The van der Waals surface area contributed by atoms with Crippen molar-refractivity contribution in [3.63, 3.8) is 0 Å². The van der Waals surface area contributed by atoms with E-state index in [1.54, 1.807) is 12.1 Å². The van der Waals surface area contributed by atoms with Crippen LogP contribution in [0, 0.1) is 0 Å². The average Bonchev–Trinajstić information content (AvgIpc) is 3.18. The number of hydrogen-bond acceptors (Lipinski definition) is 4. The molecule has 0 aliphatic carbocycles. The van der Waals surface area contributed by atoms with Gasteiger partial charge in [-0.1, -0.05) is 70.6 Å². The number of imidazole rings is 1. The van der Waals surface area contributed by atoms with Crippen LogP contribution < -0.4 is 5.32 Å². The molecule has 0 aliphatic heterocycles. The summed E-state index contributed by atoms with van der Waals surface area (Å²) in [7, 11) is 0. The summed E-state index contributed by atoms with van der Waals surface area (Å²) in [5, 5.41) is 2.89. The molecule has 1 N–H and O–H groups in total. The number of nitrogens with one attached hydrogen (secondary N) is 1. The van der Waals surface area contributed by atoms with Gasteiger partial charge in [0.15, 0.2) is 17.0 Å². The van der Waals surface area contributed by atoms with Crippen molar-refractivity contribution in [3.8, 4) is 0 Å². The first-order valence-corrected chi connectivity index (χ1v) is 10.8. The van der Waals surface area contributed by atoms with E-state index in [4.69, 9.17) is 0 Å². The maximum absolute atomic E-state index is 12.5. The highest BCUT2D eigenvalue weighted by Crippen LogP contribution is 2.27. The highest BCUT2D eigenvalue weighted by Gasteiger charge is 2.18. The van der Waals surface area contributed by atoms with Gasteiger partial charge in [-0.05, 0) is 25.0 Å². The fraction of sp³-hybridized carbons (Fsp3) is 0.478. The molecular formula is C23H31N5O. The third-order valence-corrected chi connectivity index (χ3v) is 5.28. The molecule has 0 fully saturated rings. The van der Waals surface area contributed by atoms with Crippen LogP contribution in [0.1, 0.15) is 81.6 Å². The molecule has 0 spiro atoms. The van der Waals surface area contributed by atoms with Crippen LogP contribution in [0.4, 0.5) is 5.82 Å². The Hall–Kier alpha value is -2.76. The summed E-state index contributed by atoms with van der Waals surface area (Å²) in [6.07, 6.45) is 13.0. The minimum Gasteiger partial charge on any atom is -0.312 e. The monoisotopic (exact) mass is 393 g/mol. The van der Waals surface area contributed by atoms with Crippen molar-refractivity contribution in [2.45, 2.75) is 71.3 Å². The number of nitrogens with zero attached hydrogens (tertiary/aromatic N) is 4. The average molecular weight is 394 g/mol. The van der Waals surface area contributed by atoms with Crippen LogP contribution >= 0.6 is 0 Å². The van der Waals surface area contributed by atoms with Crippen molar-refractivity contribution in [1.82, 2.24) is 19.5 Å². The molecule has 6 heteroatoms. The van der Waals surface area contributed by atoms with Crippen molar-refractivity contribution in [2.24, 2.45) is 0 Å². The molecule has 0 bridgehead atoms. The van der Waals surface area contributed by atoms with E-state index in [1.165, 1.54) is 38.4 Å². The molecule has 2 aromatic heterocycles. The maximum Gasteiger partial charge on any atom is 0.256 e. The van der Waals surface area contributed by atoms with Crippen molar-refractivity contribution >= 4 is 22.9 Å². The zero-order chi connectivity index (χ0) is 20.5. The second-order valence-electron chi connectivity index (χ2n) is 7.51. The van der Waals surface area contributed by atoms with Gasteiger partial charge in [-0.15, -0.1) is 0 Å². The van der Waals surface area contributed by atoms with Gasteiger partial charge < -0.3 is 9.88 Å². The number of rotatable bonds is 11. The Morgan fingerprint density at radius 3 is 2.52 bits per heavy atom. The first-order valence-electron chi connectivity index (χ1n) is 10.8. The highest BCUT2D eigenvalue weighted by atomic mass is 16.1. The molecule has 0 saturated heterocycles. The summed E-state index contributed by atoms with van der Waals surface area (Å²) in [4.78, 5) is 25.8. The van der Waals surface area contributed by atoms with Crippen molar-refractivity contribution in [2.75, 3.05) is 5.32 Å². The zero-order valence-corrected chi connectivity index (χ0v) is 17.5. The normalized spacial score (nSPS) is 12.2. The quantitative estimate of drug-likeness (QED) is 0.419. The number of carbonyl (C=O) groups excluding carboxylic acids is 1. The predicted molar refractivity (Wildman–Crippen MR) is 117 cm³/mol. The summed E-state index contributed by atoms with van der Waals surface area (Å²) < 4.78 is 2.17. The lowest BCUT2D eigenvalue weighted by Gasteiger charge is -2.18. The third kappa shape index (κ3) is 5.40. The predicted octanol–water partition coefficient (Wildman–Crippen LogP) is 5.78. The van der Waals surface area contributed by atoms with Crippen LogP contribution in [0.15, 0.2) is 43.0 Å². The largest absolute Gasteiger partial charge is 0.312 e. The van der Waals surface area contributed by atoms with Gasteiger partial charge in [0.25, 0.3) is 5.91 Å². The summed E-state index contributed by atoms with van der Waals surface area (Å²) in [6.45, 7) is 4.45. The SMILES string of the molecule is CCCCCCCC(CCC)n1cnc2c(NC(=O)c3ccccc3)ncnc21. The second-order valence-corrected chi connectivity index (χ2v) is 7.51. The number of hydrogen-bond donors (Lipinski definition) is 1. The standard InChI is InChI=1S/C23H31N5O/c1-3-5-6-7-11-15-19(12-4-2)28-17-26-20-21(24-16-25-22(20)28)27-23(29)18-13-9-8-10-14-18/h8-10,13-14,16-17,19H,3-7,11-12,15H2,1-2H3,(H,24,25,27,29). The maximum atomic E-state index is 12.5. The van der Waals surface area contributed by atoms with Crippen LogP contribution in [-0.2, 0) is 0 Å². The van der Waals surface area contributed by atoms with Gasteiger partial charge in [0.05, 0.1) is 6.33 Å². The van der Waals surface area contributed by atoms with Crippen LogP contribution in [0.2, 0.25) is 0 Å². The van der Waals surface area contributed by atoms with E-state index in [9.17, 15) is 4.79 Å². The van der Waals surface area contributed by atoms with Gasteiger partial charge in [0, 0.05) is 11.6 Å². The lowest BCUT2D eigenvalue weighted by atomic mass is 10.0. The van der Waals surface area contributed by atoms with E-state index >= 15 is 0 Å². The Morgan fingerprint density at radius 2 is 1.76 bits per heavy atom. The Balaban J connectivity index is 1.77. The third-order valence-electron chi connectivity index (χ3n) is 5.28. The number of fused-ring (bicyclic) bond motifs is 1. The van der Waals surface area contributed by atoms with Crippen molar-refractivity contribution in [3.05, 3.63) is 48.5 Å². The summed E-state index contributed by atoms with van der Waals surface area (Å²) >= 11 is 0. The number of unbranched alkanes of at least 4 members (excludes halogenated alkanes) is 4. The molecule has 0 aliphatic rings. The molecule has 1 unspecified atom stereocenters. The number of aromatic nitrogens is 4. The van der Waals surface area contributed by atoms with E-state index < -0.39 is 0 Å². The first-order chi connectivity index (χ1) is 14.2. The van der Waals surface area contributed by atoms with E-state index in [1.807, 2.05) is 24.5 Å². The van der Waals surface area contributed by atoms with Crippen molar-refractivity contribution < 1.29 is 4.79 Å². The number of benzene rings is 1. The summed E-state index contributed by atoms with van der Waals surface area (Å²) in [5.74, 6) is 0.266. The molecule has 1 atom stereocenters. The molecule has 1 amide bonds. The van der Waals surface area contributed by atoms with Gasteiger partial charge >= 0.3 is 0 Å². The van der Waals surface area contributed by atoms with E-state index in [2.05, 4.69) is 38.7 Å². The van der Waals surface area contributed by atoms with Crippen LogP contribution in [-0.4, -0.2) is 25.4 Å². The smallest absolute Gasteiger partial charge is 0.256 e. The number of amides is 1. The Morgan fingerprint density at radius 1 is 0.966 bits per heavy atom. The molecule has 154 valence electrons. The van der Waals surface area contributed by atoms with Crippen LogP contribution in [0.5, 0.6) is 0 Å². The van der Waals surface area contributed by atoms with E-state index in [0.717, 1.165) is 24.9 Å². The highest BCUT2D eigenvalue weighted by molar-refractivity contribution is 6.06. The topological polar surface area (TPSA) is 72.7 Å². The first kappa shape index (κ1) is 21.0. The number of anilines is 1.